The Hall–Kier alpha value is -2.55. The first-order valence-corrected chi connectivity index (χ1v) is 9.32. The van der Waals surface area contributed by atoms with E-state index >= 15 is 0 Å². The number of aromatic nitrogens is 1. The molecule has 0 bridgehead atoms. The minimum Gasteiger partial charge on any atom is -0.484 e. The molecular formula is C20H17ClN2O2S. The van der Waals surface area contributed by atoms with Gasteiger partial charge in [0.15, 0.2) is 11.4 Å². The van der Waals surface area contributed by atoms with Crippen LogP contribution < -0.4 is 9.54 Å². The lowest BCUT2D eigenvalue weighted by atomic mass is 10.2. The Bertz CT molecular complexity index is 1040. The second kappa shape index (κ2) is 8.22. The van der Waals surface area contributed by atoms with Crippen LogP contribution in [0.2, 0.25) is 5.02 Å². The number of benzene rings is 2. The highest BCUT2D eigenvalue weighted by atomic mass is 35.5. The van der Waals surface area contributed by atoms with Gasteiger partial charge in [0, 0.05) is 5.02 Å². The molecule has 3 rings (SSSR count). The van der Waals surface area contributed by atoms with E-state index in [1.165, 1.54) is 16.9 Å². The summed E-state index contributed by atoms with van der Waals surface area (Å²) < 4.78 is 8.39. The number of amides is 1. The van der Waals surface area contributed by atoms with Crippen LogP contribution in [0.3, 0.4) is 0 Å². The summed E-state index contributed by atoms with van der Waals surface area (Å²) >= 11 is 7.28. The van der Waals surface area contributed by atoms with Crippen LogP contribution in [-0.2, 0) is 17.8 Å². The zero-order valence-corrected chi connectivity index (χ0v) is 15.8. The molecule has 6 heteroatoms. The van der Waals surface area contributed by atoms with Gasteiger partial charge in [-0.2, -0.15) is 4.99 Å². The summed E-state index contributed by atoms with van der Waals surface area (Å²) in [6.07, 6.45) is 6.43. The maximum Gasteiger partial charge on any atom is 0.286 e. The van der Waals surface area contributed by atoms with E-state index in [1.54, 1.807) is 24.3 Å². The topological polar surface area (TPSA) is 43.6 Å². The third-order valence-electron chi connectivity index (χ3n) is 3.80. The van der Waals surface area contributed by atoms with E-state index in [0.717, 1.165) is 16.6 Å². The Morgan fingerprint density at radius 3 is 2.77 bits per heavy atom. The quantitative estimate of drug-likeness (QED) is 0.622. The molecule has 1 amide bonds. The predicted molar refractivity (Wildman–Crippen MR) is 106 cm³/mol. The van der Waals surface area contributed by atoms with Crippen molar-refractivity contribution in [1.82, 2.24) is 4.57 Å². The first-order chi connectivity index (χ1) is 12.6. The smallest absolute Gasteiger partial charge is 0.286 e. The van der Waals surface area contributed by atoms with Crippen LogP contribution in [0.5, 0.6) is 5.75 Å². The highest BCUT2D eigenvalue weighted by Crippen LogP contribution is 2.20. The lowest BCUT2D eigenvalue weighted by Gasteiger charge is -2.03. The van der Waals surface area contributed by atoms with Crippen molar-refractivity contribution in [3.8, 4) is 18.1 Å². The Morgan fingerprint density at radius 1 is 1.31 bits per heavy atom. The average molecular weight is 385 g/mol. The Morgan fingerprint density at radius 2 is 2.08 bits per heavy atom. The molecule has 132 valence electrons. The number of fused-ring (bicyclic) bond motifs is 1. The molecule has 1 heterocycles. The Labute approximate surface area is 160 Å². The second-order valence-corrected chi connectivity index (χ2v) is 7.02. The highest BCUT2D eigenvalue weighted by molar-refractivity contribution is 7.16. The third-order valence-corrected chi connectivity index (χ3v) is 5.09. The van der Waals surface area contributed by atoms with Gasteiger partial charge in [0.1, 0.15) is 5.75 Å². The van der Waals surface area contributed by atoms with Gasteiger partial charge in [0.05, 0.1) is 16.8 Å². The fraction of sp³-hybridized carbons (Fsp3) is 0.200. The number of carbonyl (C=O) groups excluding carboxylic acids is 1. The fourth-order valence-electron chi connectivity index (χ4n) is 2.48. The molecule has 26 heavy (non-hydrogen) atoms. The first kappa shape index (κ1) is 18.2. The maximum absolute atomic E-state index is 12.2. The van der Waals surface area contributed by atoms with Crippen molar-refractivity contribution >= 4 is 39.1 Å². The van der Waals surface area contributed by atoms with Gasteiger partial charge in [0.2, 0.25) is 0 Å². The minimum absolute atomic E-state index is 0.147. The summed E-state index contributed by atoms with van der Waals surface area (Å²) in [5.41, 5.74) is 2.21. The molecule has 0 saturated heterocycles. The fourth-order valence-corrected chi connectivity index (χ4v) is 3.72. The summed E-state index contributed by atoms with van der Waals surface area (Å²) in [5, 5.41) is 0.611. The SMILES string of the molecule is C#CCn1c(=NC(=O)COc2ccc(Cl)cc2)sc2cc(CC)ccc21. The van der Waals surface area contributed by atoms with Crippen molar-refractivity contribution < 1.29 is 9.53 Å². The van der Waals surface area contributed by atoms with Crippen LogP contribution in [0.1, 0.15) is 12.5 Å². The number of nitrogens with zero attached hydrogens (tertiary/aromatic N) is 2. The van der Waals surface area contributed by atoms with Crippen molar-refractivity contribution in [2.45, 2.75) is 19.9 Å². The van der Waals surface area contributed by atoms with Crippen LogP contribution >= 0.6 is 22.9 Å². The van der Waals surface area contributed by atoms with Gasteiger partial charge in [-0.05, 0) is 48.4 Å². The van der Waals surface area contributed by atoms with Gasteiger partial charge in [0.25, 0.3) is 5.91 Å². The number of thiazole rings is 1. The van der Waals surface area contributed by atoms with E-state index in [1.807, 2.05) is 10.6 Å². The molecule has 0 N–H and O–H groups in total. The molecule has 2 aromatic carbocycles. The largest absolute Gasteiger partial charge is 0.484 e. The number of ether oxygens (including phenoxy) is 1. The number of aryl methyl sites for hydroxylation is 1. The zero-order chi connectivity index (χ0) is 18.5. The molecule has 0 aliphatic carbocycles. The minimum atomic E-state index is -0.368. The normalized spacial score (nSPS) is 11.5. The van der Waals surface area contributed by atoms with E-state index < -0.39 is 0 Å². The van der Waals surface area contributed by atoms with Gasteiger partial charge in [-0.15, -0.1) is 6.42 Å². The van der Waals surface area contributed by atoms with Crippen LogP contribution in [0.25, 0.3) is 10.2 Å². The number of halogens is 1. The van der Waals surface area contributed by atoms with Gasteiger partial charge in [-0.3, -0.25) is 4.79 Å². The van der Waals surface area contributed by atoms with Gasteiger partial charge < -0.3 is 9.30 Å². The van der Waals surface area contributed by atoms with Crippen molar-refractivity contribution in [3.05, 3.63) is 57.9 Å². The molecule has 0 atom stereocenters. The molecular weight excluding hydrogens is 368 g/mol. The monoisotopic (exact) mass is 384 g/mol. The molecule has 0 spiro atoms. The Balaban J connectivity index is 1.87. The molecule has 3 aromatic rings. The zero-order valence-electron chi connectivity index (χ0n) is 14.2. The maximum atomic E-state index is 12.2. The van der Waals surface area contributed by atoms with E-state index in [2.05, 4.69) is 30.0 Å². The molecule has 0 saturated carbocycles. The summed E-state index contributed by atoms with van der Waals surface area (Å²) in [4.78, 5) is 17.0. The van der Waals surface area contributed by atoms with Crippen LogP contribution in [0.15, 0.2) is 47.5 Å². The molecule has 0 aliphatic heterocycles. The molecule has 0 aliphatic rings. The number of hydrogen-bond acceptors (Lipinski definition) is 3. The van der Waals surface area contributed by atoms with E-state index in [9.17, 15) is 4.79 Å². The van der Waals surface area contributed by atoms with Gasteiger partial charge in [-0.1, -0.05) is 41.8 Å². The van der Waals surface area contributed by atoms with Gasteiger partial charge in [-0.25, -0.2) is 0 Å². The highest BCUT2D eigenvalue weighted by Gasteiger charge is 2.08. The predicted octanol–water partition coefficient (Wildman–Crippen LogP) is 4.06. The van der Waals surface area contributed by atoms with E-state index in [0.29, 0.717) is 22.1 Å². The van der Waals surface area contributed by atoms with E-state index in [-0.39, 0.29) is 12.5 Å². The summed E-state index contributed by atoms with van der Waals surface area (Å²) in [5.74, 6) is 2.82. The first-order valence-electron chi connectivity index (χ1n) is 8.12. The number of hydrogen-bond donors (Lipinski definition) is 0. The van der Waals surface area contributed by atoms with Crippen LogP contribution in [-0.4, -0.2) is 17.1 Å². The summed E-state index contributed by atoms with van der Waals surface area (Å²) in [6, 6.07) is 13.0. The third kappa shape index (κ3) is 4.16. The van der Waals surface area contributed by atoms with Crippen molar-refractivity contribution in [1.29, 1.82) is 0 Å². The number of carbonyl (C=O) groups is 1. The van der Waals surface area contributed by atoms with Crippen molar-refractivity contribution in [2.75, 3.05) is 6.61 Å². The van der Waals surface area contributed by atoms with Gasteiger partial charge >= 0.3 is 0 Å². The molecule has 0 radical (unpaired) electrons. The second-order valence-electron chi connectivity index (χ2n) is 5.58. The van der Waals surface area contributed by atoms with Crippen molar-refractivity contribution in [3.63, 3.8) is 0 Å². The lowest BCUT2D eigenvalue weighted by molar-refractivity contribution is -0.120. The molecule has 0 fully saturated rings. The molecule has 0 unspecified atom stereocenters. The lowest BCUT2D eigenvalue weighted by Crippen LogP contribution is -2.19. The Kier molecular flexibility index (Phi) is 5.77. The summed E-state index contributed by atoms with van der Waals surface area (Å²) in [7, 11) is 0. The van der Waals surface area contributed by atoms with Crippen LogP contribution in [0, 0.1) is 12.3 Å². The van der Waals surface area contributed by atoms with E-state index in [4.69, 9.17) is 22.8 Å². The van der Waals surface area contributed by atoms with Crippen molar-refractivity contribution in [2.24, 2.45) is 4.99 Å². The molecule has 1 aromatic heterocycles. The number of terminal acetylenes is 1. The summed E-state index contributed by atoms with van der Waals surface area (Å²) in [6.45, 7) is 2.31. The molecule has 4 nitrogen and oxygen atoms in total. The average Bonchev–Trinajstić information content (AvgIpc) is 2.98. The van der Waals surface area contributed by atoms with Crippen LogP contribution in [0.4, 0.5) is 0 Å². The standard InChI is InChI=1S/C20H17ClN2O2S/c1-3-11-23-17-10-5-14(4-2)12-18(17)26-20(23)22-19(24)13-25-16-8-6-15(21)7-9-16/h1,5-10,12H,4,11,13H2,2H3. The number of rotatable bonds is 5.